The molecule has 24 heavy (non-hydrogen) atoms. The van der Waals surface area contributed by atoms with Crippen molar-refractivity contribution >= 4 is 26.8 Å². The van der Waals surface area contributed by atoms with E-state index in [1.807, 2.05) is 6.20 Å². The molecule has 0 spiro atoms. The van der Waals surface area contributed by atoms with Crippen LogP contribution in [-0.2, 0) is 13.1 Å². The Balaban J connectivity index is 1.46. The zero-order chi connectivity index (χ0) is 16.5. The number of hydrogen-bond acceptors (Lipinski definition) is 2. The number of likely N-dealkylation sites (tertiary alicyclic amines) is 1. The molecule has 1 saturated heterocycles. The summed E-state index contributed by atoms with van der Waals surface area (Å²) in [6.45, 7) is 5.65. The predicted molar refractivity (Wildman–Crippen MR) is 102 cm³/mol. The SMILES string of the molecule is C[C@H]1C[C@H](Cn2ccc3cc(Br)ncc32)CN1Cc1ccccc1. The molecular formula is C20H22BrN3. The molecular weight excluding hydrogens is 362 g/mol. The van der Waals surface area contributed by atoms with Crippen LogP contribution in [0.5, 0.6) is 0 Å². The summed E-state index contributed by atoms with van der Waals surface area (Å²) in [5.41, 5.74) is 2.64. The van der Waals surface area contributed by atoms with Gasteiger partial charge in [-0.05, 0) is 52.9 Å². The summed E-state index contributed by atoms with van der Waals surface area (Å²) in [5, 5.41) is 1.25. The van der Waals surface area contributed by atoms with E-state index < -0.39 is 0 Å². The number of nitrogens with zero attached hydrogens (tertiary/aromatic N) is 3. The van der Waals surface area contributed by atoms with E-state index in [1.54, 1.807) is 0 Å². The number of rotatable bonds is 4. The predicted octanol–water partition coefficient (Wildman–Crippen LogP) is 4.71. The van der Waals surface area contributed by atoms with Gasteiger partial charge in [-0.2, -0.15) is 0 Å². The fraction of sp³-hybridized carbons (Fsp3) is 0.350. The first-order chi connectivity index (χ1) is 11.7. The Morgan fingerprint density at radius 3 is 2.88 bits per heavy atom. The molecule has 0 unspecified atom stereocenters. The summed E-state index contributed by atoms with van der Waals surface area (Å²) >= 11 is 3.45. The van der Waals surface area contributed by atoms with Gasteiger partial charge in [0, 0.05) is 37.3 Å². The fourth-order valence-electron chi connectivity index (χ4n) is 3.89. The quantitative estimate of drug-likeness (QED) is 0.608. The molecule has 2 aromatic heterocycles. The van der Waals surface area contributed by atoms with Crippen LogP contribution in [0.2, 0.25) is 0 Å². The highest BCUT2D eigenvalue weighted by molar-refractivity contribution is 9.10. The third-order valence-electron chi connectivity index (χ3n) is 5.10. The zero-order valence-corrected chi connectivity index (χ0v) is 15.5. The van der Waals surface area contributed by atoms with Crippen molar-refractivity contribution in [3.8, 4) is 0 Å². The minimum absolute atomic E-state index is 0.643. The largest absolute Gasteiger partial charge is 0.346 e. The minimum atomic E-state index is 0.643. The zero-order valence-electron chi connectivity index (χ0n) is 13.9. The maximum atomic E-state index is 4.39. The Kier molecular flexibility index (Phi) is 4.42. The number of halogens is 1. The Morgan fingerprint density at radius 1 is 1.21 bits per heavy atom. The van der Waals surface area contributed by atoms with Crippen LogP contribution in [0.4, 0.5) is 0 Å². The molecule has 1 fully saturated rings. The van der Waals surface area contributed by atoms with E-state index in [1.165, 1.54) is 29.4 Å². The molecule has 3 nitrogen and oxygen atoms in total. The lowest BCUT2D eigenvalue weighted by atomic mass is 10.1. The summed E-state index contributed by atoms with van der Waals surface area (Å²) in [7, 11) is 0. The molecule has 0 saturated carbocycles. The molecule has 0 aliphatic carbocycles. The molecule has 124 valence electrons. The molecule has 1 aliphatic heterocycles. The van der Waals surface area contributed by atoms with Crippen LogP contribution in [0.1, 0.15) is 18.9 Å². The summed E-state index contributed by atoms with van der Waals surface area (Å²) in [4.78, 5) is 7.00. The van der Waals surface area contributed by atoms with Crippen LogP contribution in [0.25, 0.3) is 10.9 Å². The van der Waals surface area contributed by atoms with Gasteiger partial charge >= 0.3 is 0 Å². The highest BCUT2D eigenvalue weighted by Gasteiger charge is 2.29. The number of pyridine rings is 1. The van der Waals surface area contributed by atoms with Crippen LogP contribution in [0.3, 0.4) is 0 Å². The molecule has 0 amide bonds. The van der Waals surface area contributed by atoms with Crippen LogP contribution in [0.15, 0.2) is 59.5 Å². The smallest absolute Gasteiger partial charge is 0.106 e. The summed E-state index contributed by atoms with van der Waals surface area (Å²) in [6, 6.07) is 15.7. The van der Waals surface area contributed by atoms with Gasteiger partial charge in [-0.3, -0.25) is 4.90 Å². The Bertz CT molecular complexity index is 827. The minimum Gasteiger partial charge on any atom is -0.346 e. The van der Waals surface area contributed by atoms with Crippen molar-refractivity contribution in [3.63, 3.8) is 0 Å². The second-order valence-electron chi connectivity index (χ2n) is 6.90. The van der Waals surface area contributed by atoms with E-state index >= 15 is 0 Å². The highest BCUT2D eigenvalue weighted by Crippen LogP contribution is 2.28. The second kappa shape index (κ2) is 6.69. The topological polar surface area (TPSA) is 21.1 Å². The lowest BCUT2D eigenvalue weighted by Crippen LogP contribution is -2.26. The van der Waals surface area contributed by atoms with Gasteiger partial charge in [0.1, 0.15) is 4.60 Å². The summed E-state index contributed by atoms with van der Waals surface area (Å²) < 4.78 is 3.26. The van der Waals surface area contributed by atoms with Crippen LogP contribution < -0.4 is 0 Å². The average molecular weight is 384 g/mol. The third kappa shape index (κ3) is 3.26. The fourth-order valence-corrected chi connectivity index (χ4v) is 4.24. The summed E-state index contributed by atoms with van der Waals surface area (Å²) in [5.74, 6) is 0.697. The maximum absolute atomic E-state index is 4.39. The van der Waals surface area contributed by atoms with E-state index in [0.29, 0.717) is 12.0 Å². The van der Waals surface area contributed by atoms with Gasteiger partial charge in [-0.1, -0.05) is 30.3 Å². The average Bonchev–Trinajstić information content (AvgIpc) is 3.12. The Labute approximate surface area is 151 Å². The van der Waals surface area contributed by atoms with Gasteiger partial charge in [0.15, 0.2) is 0 Å². The lowest BCUT2D eigenvalue weighted by molar-refractivity contribution is 0.253. The highest BCUT2D eigenvalue weighted by atomic mass is 79.9. The van der Waals surface area contributed by atoms with Gasteiger partial charge < -0.3 is 4.57 Å². The third-order valence-corrected chi connectivity index (χ3v) is 5.53. The standard InChI is InChI=1S/C20H22BrN3/c1-15-9-17(14-24(15)12-16-5-3-2-4-6-16)13-23-8-7-18-10-20(21)22-11-19(18)23/h2-8,10-11,15,17H,9,12-14H2,1H3/t15-,17+/m0/s1. The van der Waals surface area contributed by atoms with Crippen molar-refractivity contribution in [2.45, 2.75) is 32.5 Å². The second-order valence-corrected chi connectivity index (χ2v) is 7.71. The molecule has 0 N–H and O–H groups in total. The number of benzene rings is 1. The molecule has 0 radical (unpaired) electrons. The molecule has 0 bridgehead atoms. The van der Waals surface area contributed by atoms with Gasteiger partial charge in [0.2, 0.25) is 0 Å². The number of hydrogen-bond donors (Lipinski definition) is 0. The van der Waals surface area contributed by atoms with E-state index in [9.17, 15) is 0 Å². The van der Waals surface area contributed by atoms with Crippen molar-refractivity contribution in [2.24, 2.45) is 5.92 Å². The molecule has 3 aromatic rings. The van der Waals surface area contributed by atoms with E-state index in [2.05, 4.69) is 86.0 Å². The first kappa shape index (κ1) is 15.9. The van der Waals surface area contributed by atoms with Crippen LogP contribution >= 0.6 is 15.9 Å². The van der Waals surface area contributed by atoms with Crippen LogP contribution in [0, 0.1) is 5.92 Å². The molecule has 1 aliphatic rings. The van der Waals surface area contributed by atoms with Crippen molar-refractivity contribution in [2.75, 3.05) is 6.54 Å². The van der Waals surface area contributed by atoms with Crippen molar-refractivity contribution < 1.29 is 0 Å². The number of aromatic nitrogens is 2. The maximum Gasteiger partial charge on any atom is 0.106 e. The molecule has 3 heterocycles. The monoisotopic (exact) mass is 383 g/mol. The first-order valence-corrected chi connectivity index (χ1v) is 9.37. The van der Waals surface area contributed by atoms with Gasteiger partial charge in [0.25, 0.3) is 0 Å². The summed E-state index contributed by atoms with van der Waals surface area (Å²) in [6.07, 6.45) is 5.43. The van der Waals surface area contributed by atoms with Gasteiger partial charge in [-0.25, -0.2) is 4.98 Å². The molecule has 4 heteroatoms. The molecule has 1 aromatic carbocycles. The van der Waals surface area contributed by atoms with E-state index in [-0.39, 0.29) is 0 Å². The van der Waals surface area contributed by atoms with Crippen LogP contribution in [-0.4, -0.2) is 27.0 Å². The van der Waals surface area contributed by atoms with E-state index in [4.69, 9.17) is 0 Å². The van der Waals surface area contributed by atoms with E-state index in [0.717, 1.165) is 17.7 Å². The Hall–Kier alpha value is -1.65. The Morgan fingerprint density at radius 2 is 2.04 bits per heavy atom. The van der Waals surface area contributed by atoms with Gasteiger partial charge in [-0.15, -0.1) is 0 Å². The lowest BCUT2D eigenvalue weighted by Gasteiger charge is -2.21. The number of fused-ring (bicyclic) bond motifs is 1. The van der Waals surface area contributed by atoms with Gasteiger partial charge in [0.05, 0.1) is 11.7 Å². The molecule has 4 rings (SSSR count). The van der Waals surface area contributed by atoms with Crippen molar-refractivity contribution in [3.05, 3.63) is 65.0 Å². The molecule has 2 atom stereocenters. The van der Waals surface area contributed by atoms with Crippen molar-refractivity contribution in [1.82, 2.24) is 14.5 Å². The normalized spacial score (nSPS) is 21.6. The van der Waals surface area contributed by atoms with Crippen molar-refractivity contribution in [1.29, 1.82) is 0 Å². The first-order valence-electron chi connectivity index (χ1n) is 8.57.